The second-order valence-corrected chi connectivity index (χ2v) is 7.39. The van der Waals surface area contributed by atoms with E-state index >= 15 is 0 Å². The molecule has 1 atom stereocenters. The van der Waals surface area contributed by atoms with Crippen molar-refractivity contribution in [2.75, 3.05) is 13.2 Å². The fourth-order valence-electron chi connectivity index (χ4n) is 3.41. The van der Waals surface area contributed by atoms with Gasteiger partial charge in [0.1, 0.15) is 30.8 Å². The smallest absolute Gasteiger partial charge is 0.137 e. The number of ether oxygens (including phenoxy) is 1. The fraction of sp³-hybridized carbons (Fsp3) is 0.667. The molecule has 1 fully saturated rings. The SMILES string of the molecule is CC(=O)CCc1ccc(OC[C@@H](O)C[NH2+]C2CCCCCCC2)cc1. The maximum Gasteiger partial charge on any atom is 0.137 e. The number of carbonyl (C=O) groups excluding carboxylic acids is 1. The van der Waals surface area contributed by atoms with E-state index in [-0.39, 0.29) is 5.78 Å². The topological polar surface area (TPSA) is 63.1 Å². The molecule has 0 aromatic heterocycles. The van der Waals surface area contributed by atoms with Gasteiger partial charge in [0.15, 0.2) is 0 Å². The van der Waals surface area contributed by atoms with Gasteiger partial charge in [-0.3, -0.25) is 0 Å². The van der Waals surface area contributed by atoms with Crippen LogP contribution in [0.2, 0.25) is 0 Å². The van der Waals surface area contributed by atoms with E-state index in [1.165, 1.54) is 44.9 Å². The number of ketones is 1. The molecule has 0 aliphatic heterocycles. The van der Waals surface area contributed by atoms with Gasteiger partial charge in [0.05, 0.1) is 6.04 Å². The number of Topliss-reactive ketones (excluding diaryl/α,β-unsaturated/α-hetero) is 1. The lowest BCUT2D eigenvalue weighted by molar-refractivity contribution is -0.696. The van der Waals surface area contributed by atoms with E-state index in [0.29, 0.717) is 25.6 Å². The summed E-state index contributed by atoms with van der Waals surface area (Å²) in [6.45, 7) is 2.66. The van der Waals surface area contributed by atoms with Crippen molar-refractivity contribution in [1.82, 2.24) is 0 Å². The molecule has 1 aromatic carbocycles. The number of aliphatic hydroxyl groups excluding tert-OH is 1. The molecule has 0 amide bonds. The zero-order valence-electron chi connectivity index (χ0n) is 15.6. The van der Waals surface area contributed by atoms with E-state index in [1.54, 1.807) is 6.92 Å². The minimum Gasteiger partial charge on any atom is -0.491 e. The molecule has 0 heterocycles. The Labute approximate surface area is 152 Å². The highest BCUT2D eigenvalue weighted by atomic mass is 16.5. The summed E-state index contributed by atoms with van der Waals surface area (Å²) in [7, 11) is 0. The first-order chi connectivity index (χ1) is 12.1. The van der Waals surface area contributed by atoms with E-state index in [9.17, 15) is 9.90 Å². The molecule has 0 radical (unpaired) electrons. The third kappa shape index (κ3) is 8.50. The van der Waals surface area contributed by atoms with Crippen LogP contribution in [0.15, 0.2) is 24.3 Å². The Balaban J connectivity index is 1.65. The summed E-state index contributed by atoms with van der Waals surface area (Å²) < 4.78 is 5.70. The highest BCUT2D eigenvalue weighted by Crippen LogP contribution is 2.15. The summed E-state index contributed by atoms with van der Waals surface area (Å²) in [6, 6.07) is 8.48. The van der Waals surface area contributed by atoms with Gasteiger partial charge in [-0.1, -0.05) is 31.4 Å². The normalized spacial score (nSPS) is 17.5. The average molecular weight is 349 g/mol. The van der Waals surface area contributed by atoms with Gasteiger partial charge in [-0.25, -0.2) is 0 Å². The number of aryl methyl sites for hydroxylation is 1. The molecule has 4 nitrogen and oxygen atoms in total. The zero-order chi connectivity index (χ0) is 17.9. The van der Waals surface area contributed by atoms with Crippen LogP contribution in [-0.2, 0) is 11.2 Å². The molecule has 1 aromatic rings. The van der Waals surface area contributed by atoms with E-state index in [0.717, 1.165) is 17.7 Å². The fourth-order valence-corrected chi connectivity index (χ4v) is 3.41. The number of aliphatic hydroxyl groups is 1. The molecule has 1 aliphatic rings. The number of rotatable bonds is 9. The summed E-state index contributed by atoms with van der Waals surface area (Å²) in [5.74, 6) is 0.987. The average Bonchev–Trinajstić information content (AvgIpc) is 2.58. The molecule has 0 unspecified atom stereocenters. The van der Waals surface area contributed by atoms with Crippen molar-refractivity contribution in [2.24, 2.45) is 0 Å². The Bertz CT molecular complexity index is 492. The molecule has 2 rings (SSSR count). The molecule has 0 spiro atoms. The lowest BCUT2D eigenvalue weighted by Crippen LogP contribution is -2.92. The van der Waals surface area contributed by atoms with Crippen LogP contribution in [0.5, 0.6) is 5.75 Å². The van der Waals surface area contributed by atoms with Crippen molar-refractivity contribution in [1.29, 1.82) is 0 Å². The van der Waals surface area contributed by atoms with Gasteiger partial charge in [-0.2, -0.15) is 0 Å². The van der Waals surface area contributed by atoms with Gasteiger partial charge in [0, 0.05) is 6.42 Å². The number of quaternary nitrogens is 1. The number of benzene rings is 1. The predicted octanol–water partition coefficient (Wildman–Crippen LogP) is 2.62. The quantitative estimate of drug-likeness (QED) is 0.721. The van der Waals surface area contributed by atoms with E-state index in [1.807, 2.05) is 24.3 Å². The highest BCUT2D eigenvalue weighted by molar-refractivity contribution is 5.75. The number of hydrogen-bond donors (Lipinski definition) is 2. The monoisotopic (exact) mass is 348 g/mol. The van der Waals surface area contributed by atoms with Crippen LogP contribution >= 0.6 is 0 Å². The predicted molar refractivity (Wildman–Crippen MR) is 99.8 cm³/mol. The minimum atomic E-state index is -0.442. The molecular weight excluding hydrogens is 314 g/mol. The Morgan fingerprint density at radius 1 is 1.16 bits per heavy atom. The molecule has 3 N–H and O–H groups in total. The lowest BCUT2D eigenvalue weighted by atomic mass is 9.96. The van der Waals surface area contributed by atoms with Crippen molar-refractivity contribution in [3.05, 3.63) is 29.8 Å². The van der Waals surface area contributed by atoms with Gasteiger partial charge in [0.25, 0.3) is 0 Å². The highest BCUT2D eigenvalue weighted by Gasteiger charge is 2.16. The third-order valence-corrected chi connectivity index (χ3v) is 5.02. The standard InChI is InChI=1S/C21H33NO3/c1-17(23)9-10-18-11-13-21(14-12-18)25-16-20(24)15-22-19-7-5-3-2-4-6-8-19/h11-14,19-20,22,24H,2-10,15-16H2,1H3/p+1/t20-/m0/s1. The zero-order valence-corrected chi connectivity index (χ0v) is 15.6. The molecule has 0 saturated heterocycles. The first-order valence-corrected chi connectivity index (χ1v) is 9.86. The van der Waals surface area contributed by atoms with Crippen molar-refractivity contribution >= 4 is 5.78 Å². The summed E-state index contributed by atoms with van der Waals surface area (Å²) in [5.41, 5.74) is 1.14. The molecule has 0 bridgehead atoms. The maximum atomic E-state index is 11.0. The van der Waals surface area contributed by atoms with E-state index in [4.69, 9.17) is 4.74 Å². The van der Waals surface area contributed by atoms with Gasteiger partial charge >= 0.3 is 0 Å². The Morgan fingerprint density at radius 2 is 1.80 bits per heavy atom. The molecule has 1 saturated carbocycles. The van der Waals surface area contributed by atoms with Crippen LogP contribution in [-0.4, -0.2) is 36.2 Å². The first kappa shape index (κ1) is 19.9. The Hall–Kier alpha value is -1.39. The van der Waals surface area contributed by atoms with Crippen molar-refractivity contribution in [3.8, 4) is 5.75 Å². The second kappa shape index (κ2) is 11.3. The second-order valence-electron chi connectivity index (χ2n) is 7.39. The number of nitrogens with two attached hydrogens (primary N) is 1. The van der Waals surface area contributed by atoms with Gasteiger partial charge in [0.2, 0.25) is 0 Å². The van der Waals surface area contributed by atoms with Crippen molar-refractivity contribution in [3.63, 3.8) is 0 Å². The molecular formula is C21H34NO3+. The van der Waals surface area contributed by atoms with Crippen LogP contribution in [0.4, 0.5) is 0 Å². The largest absolute Gasteiger partial charge is 0.491 e. The van der Waals surface area contributed by atoms with E-state index < -0.39 is 6.10 Å². The van der Waals surface area contributed by atoms with E-state index in [2.05, 4.69) is 5.32 Å². The van der Waals surface area contributed by atoms with Gasteiger partial charge in [-0.15, -0.1) is 0 Å². The lowest BCUT2D eigenvalue weighted by Gasteiger charge is -2.20. The Morgan fingerprint density at radius 3 is 2.44 bits per heavy atom. The van der Waals surface area contributed by atoms with Crippen molar-refractivity contribution < 1.29 is 20.0 Å². The third-order valence-electron chi connectivity index (χ3n) is 5.02. The van der Waals surface area contributed by atoms with Crippen LogP contribution in [0, 0.1) is 0 Å². The van der Waals surface area contributed by atoms with Crippen LogP contribution in [0.3, 0.4) is 0 Å². The summed E-state index contributed by atoms with van der Waals surface area (Å²) in [6.07, 6.45) is 10.2. The molecule has 1 aliphatic carbocycles. The Kier molecular flexibility index (Phi) is 8.98. The van der Waals surface area contributed by atoms with Gasteiger partial charge < -0.3 is 20.0 Å². The minimum absolute atomic E-state index is 0.212. The number of carbonyl (C=O) groups is 1. The summed E-state index contributed by atoms with van der Waals surface area (Å²) in [5, 5.41) is 12.5. The summed E-state index contributed by atoms with van der Waals surface area (Å²) >= 11 is 0. The number of hydrogen-bond acceptors (Lipinski definition) is 3. The van der Waals surface area contributed by atoms with Crippen LogP contribution in [0.1, 0.15) is 63.9 Å². The summed E-state index contributed by atoms with van der Waals surface area (Å²) in [4.78, 5) is 11.0. The molecule has 140 valence electrons. The van der Waals surface area contributed by atoms with Crippen LogP contribution in [0.25, 0.3) is 0 Å². The van der Waals surface area contributed by atoms with Crippen molar-refractivity contribution in [2.45, 2.75) is 76.9 Å². The molecule has 4 heteroatoms. The first-order valence-electron chi connectivity index (χ1n) is 9.86. The molecule has 25 heavy (non-hydrogen) atoms. The van der Waals surface area contributed by atoms with Gasteiger partial charge in [-0.05, 0) is 56.7 Å². The van der Waals surface area contributed by atoms with Crippen LogP contribution < -0.4 is 10.1 Å². The maximum absolute atomic E-state index is 11.0.